The molecule has 0 bridgehead atoms. The maximum atomic E-state index is 5.78. The van der Waals surface area contributed by atoms with Crippen LogP contribution in [-0.4, -0.2) is 10.2 Å². The summed E-state index contributed by atoms with van der Waals surface area (Å²) < 4.78 is 0. The molecule has 1 aromatic rings. The van der Waals surface area contributed by atoms with E-state index in [2.05, 4.69) is 25.8 Å². The average Bonchev–Trinajstić information content (AvgIpc) is 2.04. The van der Waals surface area contributed by atoms with E-state index in [1.807, 2.05) is 12.1 Å². The highest BCUT2D eigenvalue weighted by Gasteiger charge is 2.09. The summed E-state index contributed by atoms with van der Waals surface area (Å²) in [4.78, 5) is 4.22. The van der Waals surface area contributed by atoms with Crippen LogP contribution in [0.25, 0.3) is 0 Å². The Bertz CT molecular complexity index is 275. The second kappa shape index (κ2) is 4.87. The number of hydrogen-bond acceptors (Lipinski definition) is 2. The molecule has 1 rings (SSSR count). The van der Waals surface area contributed by atoms with Crippen LogP contribution in [0.3, 0.4) is 0 Å². The summed E-state index contributed by atoms with van der Waals surface area (Å²) in [6.45, 7) is 6.63. The lowest BCUT2D eigenvalue weighted by atomic mass is 10.2. The molecule has 0 aliphatic carbocycles. The van der Waals surface area contributed by atoms with E-state index in [9.17, 15) is 0 Å². The van der Waals surface area contributed by atoms with Gasteiger partial charge in [-0.25, -0.2) is 4.98 Å². The molecule has 0 aromatic carbocycles. The Morgan fingerprint density at radius 3 is 2.54 bits per heavy atom. The second-order valence-corrected chi connectivity index (χ2v) is 5.15. The molecule has 0 aliphatic heterocycles. The van der Waals surface area contributed by atoms with Gasteiger partial charge in [0.2, 0.25) is 0 Å². The molecule has 0 amide bonds. The predicted octanol–water partition coefficient (Wildman–Crippen LogP) is 3.87. The normalized spacial score (nSPS) is 13.3. The van der Waals surface area contributed by atoms with E-state index in [4.69, 9.17) is 11.6 Å². The number of halogens is 1. The number of nitrogens with zero attached hydrogens (tertiary/aromatic N) is 1. The molecule has 0 saturated carbocycles. The van der Waals surface area contributed by atoms with Gasteiger partial charge in [-0.1, -0.05) is 38.4 Å². The zero-order chi connectivity index (χ0) is 9.84. The highest BCUT2D eigenvalue weighted by atomic mass is 35.5. The first-order chi connectivity index (χ1) is 6.09. The molecular formula is C10H14ClNS. The van der Waals surface area contributed by atoms with Crippen LogP contribution < -0.4 is 0 Å². The van der Waals surface area contributed by atoms with Crippen LogP contribution in [0.4, 0.5) is 0 Å². The summed E-state index contributed by atoms with van der Waals surface area (Å²) in [5.41, 5.74) is 0. The monoisotopic (exact) mass is 215 g/mol. The van der Waals surface area contributed by atoms with E-state index >= 15 is 0 Å². The largest absolute Gasteiger partial charge is 0.230 e. The minimum Gasteiger partial charge on any atom is -0.230 e. The van der Waals surface area contributed by atoms with Gasteiger partial charge in [-0.05, 0) is 18.1 Å². The van der Waals surface area contributed by atoms with Gasteiger partial charge >= 0.3 is 0 Å². The summed E-state index contributed by atoms with van der Waals surface area (Å²) in [6, 6.07) is 5.73. The van der Waals surface area contributed by atoms with Gasteiger partial charge < -0.3 is 0 Å². The van der Waals surface area contributed by atoms with Crippen molar-refractivity contribution in [1.29, 1.82) is 0 Å². The molecule has 1 aromatic heterocycles. The molecule has 0 radical (unpaired) electrons. The molecule has 1 unspecified atom stereocenters. The zero-order valence-corrected chi connectivity index (χ0v) is 9.69. The Hall–Kier alpha value is -0.210. The summed E-state index contributed by atoms with van der Waals surface area (Å²) in [7, 11) is 0. The maximum Gasteiger partial charge on any atom is 0.130 e. The molecule has 0 fully saturated rings. The predicted molar refractivity (Wildman–Crippen MR) is 59.4 cm³/mol. The SMILES string of the molecule is CC(C)C(C)Sc1cccc(Cl)n1. The van der Waals surface area contributed by atoms with Crippen molar-refractivity contribution >= 4 is 23.4 Å². The highest BCUT2D eigenvalue weighted by molar-refractivity contribution is 7.99. The second-order valence-electron chi connectivity index (χ2n) is 3.37. The lowest BCUT2D eigenvalue weighted by Crippen LogP contribution is -2.05. The van der Waals surface area contributed by atoms with E-state index in [1.54, 1.807) is 17.8 Å². The van der Waals surface area contributed by atoms with E-state index in [-0.39, 0.29) is 0 Å². The molecule has 3 heteroatoms. The minimum atomic E-state index is 0.570. The quantitative estimate of drug-likeness (QED) is 0.561. The fourth-order valence-corrected chi connectivity index (χ4v) is 1.96. The Morgan fingerprint density at radius 1 is 1.31 bits per heavy atom. The fraction of sp³-hybridized carbons (Fsp3) is 0.500. The number of pyridine rings is 1. The fourth-order valence-electron chi connectivity index (χ4n) is 0.782. The third kappa shape index (κ3) is 3.57. The van der Waals surface area contributed by atoms with Gasteiger partial charge in [0.1, 0.15) is 5.15 Å². The maximum absolute atomic E-state index is 5.78. The standard InChI is InChI=1S/C10H14ClNS/c1-7(2)8(3)13-10-6-4-5-9(11)12-10/h4-8H,1-3H3. The van der Waals surface area contributed by atoms with Crippen molar-refractivity contribution in [1.82, 2.24) is 4.98 Å². The number of aromatic nitrogens is 1. The van der Waals surface area contributed by atoms with Gasteiger partial charge in [0.15, 0.2) is 0 Å². The lowest BCUT2D eigenvalue weighted by molar-refractivity contribution is 0.641. The minimum absolute atomic E-state index is 0.570. The molecule has 1 atom stereocenters. The molecule has 13 heavy (non-hydrogen) atoms. The van der Waals surface area contributed by atoms with Gasteiger partial charge in [-0.15, -0.1) is 11.8 Å². The van der Waals surface area contributed by atoms with Gasteiger partial charge in [-0.2, -0.15) is 0 Å². The molecule has 1 heterocycles. The van der Waals surface area contributed by atoms with E-state index in [0.717, 1.165) is 5.03 Å². The summed E-state index contributed by atoms with van der Waals surface area (Å²) in [5, 5.41) is 2.15. The van der Waals surface area contributed by atoms with Crippen LogP contribution >= 0.6 is 23.4 Å². The molecule has 0 saturated heterocycles. The first-order valence-corrected chi connectivity index (χ1v) is 5.64. The molecule has 72 valence electrons. The highest BCUT2D eigenvalue weighted by Crippen LogP contribution is 2.26. The van der Waals surface area contributed by atoms with Crippen molar-refractivity contribution in [2.45, 2.75) is 31.0 Å². The van der Waals surface area contributed by atoms with Crippen molar-refractivity contribution in [3.8, 4) is 0 Å². The van der Waals surface area contributed by atoms with Crippen LogP contribution in [0.2, 0.25) is 5.15 Å². The van der Waals surface area contributed by atoms with E-state index in [0.29, 0.717) is 16.3 Å². The Labute approximate surface area is 88.9 Å². The van der Waals surface area contributed by atoms with Crippen molar-refractivity contribution in [3.63, 3.8) is 0 Å². The summed E-state index contributed by atoms with van der Waals surface area (Å²) >= 11 is 7.55. The van der Waals surface area contributed by atoms with Crippen LogP contribution in [0.15, 0.2) is 23.2 Å². The van der Waals surface area contributed by atoms with Gasteiger partial charge in [0.25, 0.3) is 0 Å². The summed E-state index contributed by atoms with van der Waals surface area (Å²) in [5.74, 6) is 0.658. The van der Waals surface area contributed by atoms with Crippen LogP contribution in [-0.2, 0) is 0 Å². The Morgan fingerprint density at radius 2 is 2.00 bits per heavy atom. The van der Waals surface area contributed by atoms with Gasteiger partial charge in [-0.3, -0.25) is 0 Å². The number of hydrogen-bond donors (Lipinski definition) is 0. The van der Waals surface area contributed by atoms with Crippen molar-refractivity contribution in [3.05, 3.63) is 23.4 Å². The molecule has 0 spiro atoms. The molecule has 1 nitrogen and oxygen atoms in total. The van der Waals surface area contributed by atoms with Crippen LogP contribution in [0, 0.1) is 5.92 Å². The number of rotatable bonds is 3. The smallest absolute Gasteiger partial charge is 0.130 e. The third-order valence-electron chi connectivity index (χ3n) is 1.94. The lowest BCUT2D eigenvalue weighted by Gasteiger charge is -2.13. The van der Waals surface area contributed by atoms with Crippen molar-refractivity contribution in [2.24, 2.45) is 5.92 Å². The van der Waals surface area contributed by atoms with Crippen molar-refractivity contribution in [2.75, 3.05) is 0 Å². The molecule has 0 aliphatic rings. The van der Waals surface area contributed by atoms with Crippen molar-refractivity contribution < 1.29 is 0 Å². The van der Waals surface area contributed by atoms with Gasteiger partial charge in [0.05, 0.1) is 5.03 Å². The van der Waals surface area contributed by atoms with Gasteiger partial charge in [0, 0.05) is 5.25 Å². The average molecular weight is 216 g/mol. The summed E-state index contributed by atoms with van der Waals surface area (Å²) in [6.07, 6.45) is 0. The first-order valence-electron chi connectivity index (χ1n) is 4.39. The third-order valence-corrected chi connectivity index (χ3v) is 3.53. The Kier molecular flexibility index (Phi) is 4.07. The molecule has 0 N–H and O–H groups in total. The van der Waals surface area contributed by atoms with E-state index < -0.39 is 0 Å². The number of thioether (sulfide) groups is 1. The topological polar surface area (TPSA) is 12.9 Å². The van der Waals surface area contributed by atoms with Crippen LogP contribution in [0.5, 0.6) is 0 Å². The zero-order valence-electron chi connectivity index (χ0n) is 8.12. The van der Waals surface area contributed by atoms with E-state index in [1.165, 1.54) is 0 Å². The first kappa shape index (κ1) is 10.9. The Balaban J connectivity index is 2.64. The van der Waals surface area contributed by atoms with Crippen LogP contribution in [0.1, 0.15) is 20.8 Å². The molecular weight excluding hydrogens is 202 g/mol.